The highest BCUT2D eigenvalue weighted by molar-refractivity contribution is 6.05. The molecule has 9 heteroatoms. The molecule has 4 N–H and O–H groups in total. The minimum Gasteiger partial charge on any atom is -0.506 e. The molecular weight excluding hydrogens is 632 g/mol. The number of carbonyl (C=O) groups is 3. The lowest BCUT2D eigenvalue weighted by molar-refractivity contribution is -0.138. The van der Waals surface area contributed by atoms with E-state index in [0.717, 1.165) is 31.4 Å². The predicted molar refractivity (Wildman–Crippen MR) is 198 cm³/mol. The lowest BCUT2D eigenvalue weighted by Gasteiger charge is -2.30. The summed E-state index contributed by atoms with van der Waals surface area (Å²) in [6.45, 7) is 14.4. The number of benzene rings is 4. The zero-order valence-electron chi connectivity index (χ0n) is 30.0. The first-order valence-corrected chi connectivity index (χ1v) is 17.4. The molecule has 0 radical (unpaired) electrons. The zero-order valence-corrected chi connectivity index (χ0v) is 30.0. The summed E-state index contributed by atoms with van der Waals surface area (Å²) in [5, 5.41) is 26.5. The number of anilines is 1. The number of nitrogens with one attached hydrogen (secondary N) is 2. The van der Waals surface area contributed by atoms with Crippen molar-refractivity contribution in [3.8, 4) is 23.0 Å². The number of carbonyl (C=O) groups excluding carboxylic acids is 2. The number of phenolic OH excluding ortho intramolecular Hbond substituents is 1. The molecule has 0 saturated heterocycles. The highest BCUT2D eigenvalue weighted by Crippen LogP contribution is 2.39. The van der Waals surface area contributed by atoms with Gasteiger partial charge >= 0.3 is 5.97 Å². The van der Waals surface area contributed by atoms with Crippen molar-refractivity contribution in [1.29, 1.82) is 0 Å². The predicted octanol–water partition coefficient (Wildman–Crippen LogP) is 9.11. The number of amides is 2. The average molecular weight is 683 g/mol. The van der Waals surface area contributed by atoms with E-state index in [-0.39, 0.29) is 40.9 Å². The van der Waals surface area contributed by atoms with E-state index >= 15 is 0 Å². The number of carboxylic acid groups (broad SMARTS) is 1. The second-order valence-electron chi connectivity index (χ2n) is 13.9. The van der Waals surface area contributed by atoms with Gasteiger partial charge in [0, 0.05) is 35.0 Å². The molecule has 4 rings (SSSR count). The Bertz CT molecular complexity index is 1810. The van der Waals surface area contributed by atoms with Crippen LogP contribution >= 0.6 is 0 Å². The van der Waals surface area contributed by atoms with Crippen molar-refractivity contribution in [1.82, 2.24) is 5.32 Å². The Morgan fingerprint density at radius 2 is 1.50 bits per heavy atom. The second kappa shape index (κ2) is 16.6. The first-order valence-electron chi connectivity index (χ1n) is 17.4. The van der Waals surface area contributed by atoms with Crippen LogP contribution in [0.2, 0.25) is 0 Å². The van der Waals surface area contributed by atoms with Crippen LogP contribution in [0, 0.1) is 0 Å². The monoisotopic (exact) mass is 682 g/mol. The zero-order chi connectivity index (χ0) is 36.5. The van der Waals surface area contributed by atoms with Gasteiger partial charge in [0.2, 0.25) is 5.91 Å². The van der Waals surface area contributed by atoms with Gasteiger partial charge in [0.15, 0.2) is 0 Å². The molecule has 0 aliphatic carbocycles. The van der Waals surface area contributed by atoms with Gasteiger partial charge in [-0.2, -0.15) is 0 Å². The van der Waals surface area contributed by atoms with Gasteiger partial charge in [0.25, 0.3) is 5.91 Å². The molecule has 2 amide bonds. The summed E-state index contributed by atoms with van der Waals surface area (Å²) in [5.41, 5.74) is 3.31. The molecule has 4 aromatic carbocycles. The summed E-state index contributed by atoms with van der Waals surface area (Å²) < 4.78 is 12.3. The van der Waals surface area contributed by atoms with Crippen molar-refractivity contribution in [2.45, 2.75) is 90.9 Å². The topological polar surface area (TPSA) is 134 Å². The molecule has 9 nitrogen and oxygen atoms in total. The third kappa shape index (κ3) is 9.55. The third-order valence-electron chi connectivity index (χ3n) is 9.54. The van der Waals surface area contributed by atoms with Gasteiger partial charge < -0.3 is 30.3 Å². The van der Waals surface area contributed by atoms with Crippen molar-refractivity contribution in [3.05, 3.63) is 89.5 Å². The molecule has 0 aromatic heterocycles. The van der Waals surface area contributed by atoms with Gasteiger partial charge in [-0.1, -0.05) is 65.8 Å². The fourth-order valence-corrected chi connectivity index (χ4v) is 5.47. The number of carboxylic acids is 1. The molecule has 0 aliphatic heterocycles. The highest BCUT2D eigenvalue weighted by Gasteiger charge is 2.26. The number of rotatable bonds is 17. The highest BCUT2D eigenvalue weighted by atomic mass is 16.5. The Labute approximate surface area is 295 Å². The normalized spacial score (nSPS) is 11.6. The number of unbranched alkanes of at least 4 members (excludes halogenated alkanes) is 1. The summed E-state index contributed by atoms with van der Waals surface area (Å²) in [6, 6.07) is 21.8. The molecular formula is C41H50N2O7. The Hall–Kier alpha value is -5.05. The number of ether oxygens (including phenoxy) is 2. The van der Waals surface area contributed by atoms with E-state index in [0.29, 0.717) is 41.1 Å². The van der Waals surface area contributed by atoms with Crippen LogP contribution in [0.5, 0.6) is 23.0 Å². The van der Waals surface area contributed by atoms with E-state index in [1.807, 2.05) is 0 Å². The maximum atomic E-state index is 13.1. The molecule has 4 aromatic rings. The lowest BCUT2D eigenvalue weighted by atomic mass is 9.76. The van der Waals surface area contributed by atoms with Crippen LogP contribution in [-0.2, 0) is 20.4 Å². The Morgan fingerprint density at radius 3 is 2.18 bits per heavy atom. The van der Waals surface area contributed by atoms with Crippen molar-refractivity contribution in [3.63, 3.8) is 0 Å². The van der Waals surface area contributed by atoms with Crippen molar-refractivity contribution in [2.75, 3.05) is 18.5 Å². The smallest absolute Gasteiger partial charge is 0.303 e. The number of hydrogen-bond acceptors (Lipinski definition) is 6. The van der Waals surface area contributed by atoms with Crippen molar-refractivity contribution in [2.24, 2.45) is 0 Å². The summed E-state index contributed by atoms with van der Waals surface area (Å²) in [7, 11) is 0. The molecule has 50 heavy (non-hydrogen) atoms. The Morgan fingerprint density at radius 1 is 0.780 bits per heavy atom. The van der Waals surface area contributed by atoms with Gasteiger partial charge in [0.1, 0.15) is 23.0 Å². The van der Waals surface area contributed by atoms with Crippen LogP contribution in [0.1, 0.15) is 102 Å². The first kappa shape index (κ1) is 37.8. The Kier molecular flexibility index (Phi) is 12.5. The molecule has 0 saturated carbocycles. The van der Waals surface area contributed by atoms with E-state index in [1.165, 1.54) is 11.1 Å². The van der Waals surface area contributed by atoms with E-state index in [1.54, 1.807) is 54.6 Å². The van der Waals surface area contributed by atoms with Crippen LogP contribution in [0.4, 0.5) is 5.69 Å². The molecule has 0 aliphatic rings. The van der Waals surface area contributed by atoms with Gasteiger partial charge in [-0.05, 0) is 90.6 Å². The SMILES string of the molecule is CCC(C)(C)c1ccc(OCCCCNC(=O)c2ccc3c(Oc4ccc(NC(=O)CCC(=O)O)cc4)cccc3c2O)c(C(C)(C)CC)c1. The van der Waals surface area contributed by atoms with E-state index in [4.69, 9.17) is 14.6 Å². The fraction of sp³-hybridized carbons (Fsp3) is 0.390. The minimum atomic E-state index is -1.03. The first-order chi connectivity index (χ1) is 23.8. The molecule has 0 fully saturated rings. The Balaban J connectivity index is 1.32. The summed E-state index contributed by atoms with van der Waals surface area (Å²) in [4.78, 5) is 35.7. The van der Waals surface area contributed by atoms with Crippen molar-refractivity contribution < 1.29 is 34.1 Å². The van der Waals surface area contributed by atoms with Crippen molar-refractivity contribution >= 4 is 34.2 Å². The fourth-order valence-electron chi connectivity index (χ4n) is 5.47. The van der Waals surface area contributed by atoms with Gasteiger partial charge in [-0.15, -0.1) is 0 Å². The molecule has 0 bridgehead atoms. The third-order valence-corrected chi connectivity index (χ3v) is 9.54. The van der Waals surface area contributed by atoms with Gasteiger partial charge in [-0.25, -0.2) is 0 Å². The molecule has 0 spiro atoms. The molecule has 266 valence electrons. The van der Waals surface area contributed by atoms with Crippen LogP contribution in [0.15, 0.2) is 72.8 Å². The van der Waals surface area contributed by atoms with Crippen LogP contribution in [-0.4, -0.2) is 41.1 Å². The summed E-state index contributed by atoms with van der Waals surface area (Å²) in [5.74, 6) is -0.0262. The average Bonchev–Trinajstić information content (AvgIpc) is 3.10. The quantitative estimate of drug-likeness (QED) is 0.0816. The summed E-state index contributed by atoms with van der Waals surface area (Å²) >= 11 is 0. The number of fused-ring (bicyclic) bond motifs is 1. The van der Waals surface area contributed by atoms with E-state index in [9.17, 15) is 19.5 Å². The van der Waals surface area contributed by atoms with Gasteiger partial charge in [-0.3, -0.25) is 14.4 Å². The number of phenols is 1. The lowest BCUT2D eigenvalue weighted by Crippen LogP contribution is -2.25. The molecule has 0 atom stereocenters. The van der Waals surface area contributed by atoms with Crippen LogP contribution in [0.3, 0.4) is 0 Å². The van der Waals surface area contributed by atoms with Crippen LogP contribution in [0.25, 0.3) is 10.8 Å². The minimum absolute atomic E-state index is 0.0175. The van der Waals surface area contributed by atoms with Gasteiger partial charge in [0.05, 0.1) is 18.6 Å². The number of hydrogen-bond donors (Lipinski definition) is 4. The molecule has 0 heterocycles. The van der Waals surface area contributed by atoms with Crippen LogP contribution < -0.4 is 20.1 Å². The number of aromatic hydroxyl groups is 1. The standard InChI is InChI=1S/C41H50N2O7/c1-7-40(3,4)27-14-21-35(33(26-27)41(5,6)8-2)49-25-10-9-24-42-39(48)32-20-19-30-31(38(32)47)12-11-13-34(30)50-29-17-15-28(16-18-29)43-36(44)22-23-37(45)46/h11-21,26,47H,7-10,22-25H2,1-6H3,(H,42,48)(H,43,44)(H,45,46). The largest absolute Gasteiger partial charge is 0.506 e. The molecule has 0 unspecified atom stereocenters. The summed E-state index contributed by atoms with van der Waals surface area (Å²) in [6.07, 6.45) is 3.17. The maximum Gasteiger partial charge on any atom is 0.303 e. The second-order valence-corrected chi connectivity index (χ2v) is 13.9. The maximum absolute atomic E-state index is 13.1. The van der Waals surface area contributed by atoms with E-state index in [2.05, 4.69) is 70.4 Å². The van der Waals surface area contributed by atoms with E-state index < -0.39 is 11.9 Å². The number of aliphatic carboxylic acids is 1.